The van der Waals surface area contributed by atoms with Crippen LogP contribution in [0.2, 0.25) is 0 Å². The average molecular weight is 309 g/mol. The molecular weight excluding hydrogens is 296 g/mol. The number of anilines is 1. The van der Waals surface area contributed by atoms with Crippen molar-refractivity contribution < 1.29 is 4.74 Å². The first kappa shape index (κ1) is 12.9. The molecule has 0 unspecified atom stereocenters. The topological polar surface area (TPSA) is 59.9 Å². The van der Waals surface area contributed by atoms with E-state index in [0.29, 0.717) is 18.1 Å². The molecule has 0 fully saturated rings. The molecule has 0 radical (unpaired) electrons. The Bertz CT molecular complexity index is 547. The monoisotopic (exact) mass is 308 g/mol. The first-order valence-electron chi connectivity index (χ1n) is 5.40. The van der Waals surface area contributed by atoms with E-state index in [9.17, 15) is 0 Å². The molecule has 2 rings (SSSR count). The third-order valence-electron chi connectivity index (χ3n) is 2.30. The van der Waals surface area contributed by atoms with Gasteiger partial charge in [0.05, 0.1) is 12.3 Å². The minimum Gasteiger partial charge on any atom is -0.378 e. The maximum atomic E-state index is 5.10. The van der Waals surface area contributed by atoms with E-state index in [1.165, 1.54) is 0 Å². The van der Waals surface area contributed by atoms with Crippen LogP contribution < -0.4 is 5.32 Å². The lowest BCUT2D eigenvalue weighted by Crippen LogP contribution is -2.03. The Kier molecular flexibility index (Phi) is 4.22. The molecule has 0 aliphatic heterocycles. The van der Waals surface area contributed by atoms with Crippen LogP contribution in [0.15, 0.2) is 28.9 Å². The highest BCUT2D eigenvalue weighted by Gasteiger charge is 2.10. The molecule has 5 nitrogen and oxygen atoms in total. The minimum absolute atomic E-state index is 0.439. The number of pyridine rings is 1. The fourth-order valence-corrected chi connectivity index (χ4v) is 1.94. The zero-order valence-electron chi connectivity index (χ0n) is 10.1. The SMILES string of the molecule is CNc1cc(COC)nc(-c2ncccc2Br)n1. The fraction of sp³-hybridized carbons (Fsp3) is 0.250. The molecule has 6 heteroatoms. The van der Waals surface area contributed by atoms with E-state index in [0.717, 1.165) is 16.0 Å². The van der Waals surface area contributed by atoms with Gasteiger partial charge in [-0.15, -0.1) is 0 Å². The van der Waals surface area contributed by atoms with Crippen molar-refractivity contribution in [2.75, 3.05) is 19.5 Å². The second-order valence-electron chi connectivity index (χ2n) is 3.58. The Morgan fingerprint density at radius 2 is 2.22 bits per heavy atom. The van der Waals surface area contributed by atoms with Crippen molar-refractivity contribution in [3.63, 3.8) is 0 Å². The van der Waals surface area contributed by atoms with Gasteiger partial charge in [0.15, 0.2) is 5.82 Å². The normalized spacial score (nSPS) is 10.4. The van der Waals surface area contributed by atoms with Crippen LogP contribution in [0.25, 0.3) is 11.5 Å². The van der Waals surface area contributed by atoms with E-state index in [2.05, 4.69) is 36.2 Å². The predicted octanol–water partition coefficient (Wildman–Crippen LogP) is 2.49. The van der Waals surface area contributed by atoms with Crippen molar-refractivity contribution in [2.45, 2.75) is 6.61 Å². The molecule has 0 amide bonds. The van der Waals surface area contributed by atoms with Gasteiger partial charge in [-0.3, -0.25) is 4.98 Å². The molecule has 1 N–H and O–H groups in total. The van der Waals surface area contributed by atoms with Gasteiger partial charge in [-0.2, -0.15) is 0 Å². The average Bonchev–Trinajstić information content (AvgIpc) is 2.39. The Hall–Kier alpha value is -1.53. The second-order valence-corrected chi connectivity index (χ2v) is 4.44. The Labute approximate surface area is 114 Å². The van der Waals surface area contributed by atoms with Crippen LogP contribution in [0.3, 0.4) is 0 Å². The van der Waals surface area contributed by atoms with Crippen LogP contribution in [0.1, 0.15) is 5.69 Å². The van der Waals surface area contributed by atoms with E-state index in [1.54, 1.807) is 13.3 Å². The molecule has 0 saturated carbocycles. The molecule has 94 valence electrons. The number of hydrogen-bond acceptors (Lipinski definition) is 5. The summed E-state index contributed by atoms with van der Waals surface area (Å²) in [5.41, 5.74) is 1.52. The second kappa shape index (κ2) is 5.88. The van der Waals surface area contributed by atoms with Crippen molar-refractivity contribution in [2.24, 2.45) is 0 Å². The number of methoxy groups -OCH3 is 1. The summed E-state index contributed by atoms with van der Waals surface area (Å²) in [7, 11) is 3.45. The zero-order valence-corrected chi connectivity index (χ0v) is 11.7. The predicted molar refractivity (Wildman–Crippen MR) is 73.2 cm³/mol. The highest BCUT2D eigenvalue weighted by atomic mass is 79.9. The molecule has 0 saturated heterocycles. The maximum absolute atomic E-state index is 5.10. The van der Waals surface area contributed by atoms with E-state index < -0.39 is 0 Å². The molecule has 0 aliphatic rings. The maximum Gasteiger partial charge on any atom is 0.181 e. The van der Waals surface area contributed by atoms with E-state index in [4.69, 9.17) is 4.74 Å². The van der Waals surface area contributed by atoms with Gasteiger partial charge in [0.2, 0.25) is 0 Å². The fourth-order valence-electron chi connectivity index (χ4n) is 1.50. The van der Waals surface area contributed by atoms with Crippen molar-refractivity contribution in [1.29, 1.82) is 0 Å². The summed E-state index contributed by atoms with van der Waals surface area (Å²) in [6, 6.07) is 5.61. The molecule has 18 heavy (non-hydrogen) atoms. The Morgan fingerprint density at radius 1 is 1.39 bits per heavy atom. The molecule has 0 atom stereocenters. The summed E-state index contributed by atoms with van der Waals surface area (Å²) in [6.07, 6.45) is 1.71. The highest BCUT2D eigenvalue weighted by molar-refractivity contribution is 9.10. The lowest BCUT2D eigenvalue weighted by atomic mass is 10.3. The van der Waals surface area contributed by atoms with Crippen molar-refractivity contribution in [3.8, 4) is 11.5 Å². The summed E-state index contributed by atoms with van der Waals surface area (Å²) in [5, 5.41) is 3.01. The van der Waals surface area contributed by atoms with Crippen molar-refractivity contribution in [1.82, 2.24) is 15.0 Å². The lowest BCUT2D eigenvalue weighted by molar-refractivity contribution is 0.181. The Morgan fingerprint density at radius 3 is 2.89 bits per heavy atom. The molecule has 2 aromatic heterocycles. The van der Waals surface area contributed by atoms with Crippen LogP contribution in [-0.2, 0) is 11.3 Å². The number of ether oxygens (including phenoxy) is 1. The first-order valence-corrected chi connectivity index (χ1v) is 6.19. The number of nitrogens with one attached hydrogen (secondary N) is 1. The van der Waals surface area contributed by atoms with Crippen LogP contribution in [0, 0.1) is 0 Å². The van der Waals surface area contributed by atoms with Gasteiger partial charge < -0.3 is 10.1 Å². The van der Waals surface area contributed by atoms with Gasteiger partial charge >= 0.3 is 0 Å². The first-order chi connectivity index (χ1) is 8.74. The van der Waals surface area contributed by atoms with Gasteiger partial charge in [-0.05, 0) is 28.1 Å². The summed E-state index contributed by atoms with van der Waals surface area (Å²) in [5.74, 6) is 1.31. The molecular formula is C12H13BrN4O. The quantitative estimate of drug-likeness (QED) is 0.940. The van der Waals surface area contributed by atoms with Gasteiger partial charge in [0.1, 0.15) is 11.5 Å². The molecule has 0 bridgehead atoms. The van der Waals surface area contributed by atoms with E-state index >= 15 is 0 Å². The summed E-state index contributed by atoms with van der Waals surface area (Å²) in [4.78, 5) is 13.1. The largest absolute Gasteiger partial charge is 0.378 e. The van der Waals surface area contributed by atoms with E-state index in [-0.39, 0.29) is 0 Å². The van der Waals surface area contributed by atoms with E-state index in [1.807, 2.05) is 25.2 Å². The molecule has 0 aromatic carbocycles. The van der Waals surface area contributed by atoms with Crippen LogP contribution in [0.4, 0.5) is 5.82 Å². The van der Waals surface area contributed by atoms with Gasteiger partial charge in [0.25, 0.3) is 0 Å². The summed E-state index contributed by atoms with van der Waals surface area (Å²) < 4.78 is 5.96. The molecule has 0 aliphatic carbocycles. The number of halogens is 1. The van der Waals surface area contributed by atoms with Gasteiger partial charge in [-0.25, -0.2) is 9.97 Å². The van der Waals surface area contributed by atoms with Crippen molar-refractivity contribution in [3.05, 3.63) is 34.6 Å². The zero-order chi connectivity index (χ0) is 13.0. The third-order valence-corrected chi connectivity index (χ3v) is 2.94. The smallest absolute Gasteiger partial charge is 0.181 e. The van der Waals surface area contributed by atoms with Crippen LogP contribution in [-0.4, -0.2) is 29.1 Å². The molecule has 0 spiro atoms. The van der Waals surface area contributed by atoms with Gasteiger partial charge in [-0.1, -0.05) is 0 Å². The number of aromatic nitrogens is 3. The van der Waals surface area contributed by atoms with Crippen LogP contribution >= 0.6 is 15.9 Å². The molecule has 2 aromatic rings. The third kappa shape index (κ3) is 2.83. The minimum atomic E-state index is 0.439. The lowest BCUT2D eigenvalue weighted by Gasteiger charge is -2.07. The standard InChI is InChI=1S/C12H13BrN4O/c1-14-10-6-8(7-18-2)16-12(17-10)11-9(13)4-3-5-15-11/h3-6H,7H2,1-2H3,(H,14,16,17). The Balaban J connectivity index is 2.50. The highest BCUT2D eigenvalue weighted by Crippen LogP contribution is 2.24. The van der Waals surface area contributed by atoms with Crippen LogP contribution in [0.5, 0.6) is 0 Å². The number of rotatable bonds is 4. The summed E-state index contributed by atoms with van der Waals surface area (Å²) >= 11 is 3.45. The van der Waals surface area contributed by atoms with Gasteiger partial charge in [0, 0.05) is 30.9 Å². The van der Waals surface area contributed by atoms with Crippen molar-refractivity contribution >= 4 is 21.7 Å². The number of nitrogens with zero attached hydrogens (tertiary/aromatic N) is 3. The molecule has 2 heterocycles. The summed E-state index contributed by atoms with van der Waals surface area (Å²) in [6.45, 7) is 0.439. The number of hydrogen-bond donors (Lipinski definition) is 1.